The number of methoxy groups -OCH3 is 1. The molecule has 1 heterocycles. The summed E-state index contributed by atoms with van der Waals surface area (Å²) in [7, 11) is 1.13. The number of carbonyl (C=O) groups excluding carboxylic acids is 3. The number of nitro benzene ring substituents is 1. The molecule has 8 nitrogen and oxygen atoms in total. The highest BCUT2D eigenvalue weighted by atomic mass is 16.6. The van der Waals surface area contributed by atoms with E-state index in [0.717, 1.165) is 13.2 Å². The predicted molar refractivity (Wildman–Crippen MR) is 69.7 cm³/mol. The number of imide groups is 1. The van der Waals surface area contributed by atoms with E-state index < -0.39 is 33.9 Å². The number of fused-ring (bicyclic) bond motifs is 1. The summed E-state index contributed by atoms with van der Waals surface area (Å²) in [6.45, 7) is 2.68. The Morgan fingerprint density at radius 3 is 2.43 bits per heavy atom. The quantitative estimate of drug-likeness (QED) is 0.358. The second-order valence-electron chi connectivity index (χ2n) is 4.95. The van der Waals surface area contributed by atoms with Gasteiger partial charge in [0.15, 0.2) is 0 Å². The number of esters is 1. The molecular weight excluding hydrogens is 280 g/mol. The van der Waals surface area contributed by atoms with Crippen molar-refractivity contribution >= 4 is 23.5 Å². The van der Waals surface area contributed by atoms with Gasteiger partial charge in [0, 0.05) is 6.07 Å². The maximum atomic E-state index is 12.4. The molecule has 1 aliphatic rings. The molecule has 0 aromatic heterocycles. The molecule has 8 heteroatoms. The van der Waals surface area contributed by atoms with Gasteiger partial charge in [-0.3, -0.25) is 24.6 Å². The number of hydrogen-bond acceptors (Lipinski definition) is 6. The van der Waals surface area contributed by atoms with E-state index in [1.54, 1.807) is 0 Å². The average molecular weight is 292 g/mol. The van der Waals surface area contributed by atoms with Crippen LogP contribution in [0, 0.1) is 10.1 Å². The second kappa shape index (κ2) is 4.65. The number of hydrogen-bond donors (Lipinski definition) is 0. The Balaban J connectivity index is 2.61. The molecule has 110 valence electrons. The molecule has 0 spiro atoms. The van der Waals surface area contributed by atoms with Crippen LogP contribution in [0.4, 0.5) is 5.69 Å². The number of nitrogens with zero attached hydrogens (tertiary/aromatic N) is 2. The van der Waals surface area contributed by atoms with Crippen molar-refractivity contribution in [3.8, 4) is 0 Å². The normalized spacial score (nSPS) is 14.1. The summed E-state index contributed by atoms with van der Waals surface area (Å²) < 4.78 is 4.58. The van der Waals surface area contributed by atoms with E-state index in [0.29, 0.717) is 4.90 Å². The van der Waals surface area contributed by atoms with Gasteiger partial charge in [-0.15, -0.1) is 0 Å². The summed E-state index contributed by atoms with van der Waals surface area (Å²) in [5.74, 6) is -2.42. The Hall–Kier alpha value is -2.77. The molecule has 0 N–H and O–H groups in total. The highest BCUT2D eigenvalue weighted by molar-refractivity contribution is 6.24. The number of nitro groups is 1. The lowest BCUT2D eigenvalue weighted by Crippen LogP contribution is -2.53. The van der Waals surface area contributed by atoms with Gasteiger partial charge in [-0.05, 0) is 19.9 Å². The third kappa shape index (κ3) is 1.95. The van der Waals surface area contributed by atoms with Gasteiger partial charge in [0.05, 0.1) is 17.6 Å². The Kier molecular flexibility index (Phi) is 3.24. The number of carbonyl (C=O) groups is 3. The lowest BCUT2D eigenvalue weighted by molar-refractivity contribution is -0.385. The zero-order valence-corrected chi connectivity index (χ0v) is 11.6. The van der Waals surface area contributed by atoms with E-state index in [1.807, 2.05) is 0 Å². The highest BCUT2D eigenvalue weighted by Crippen LogP contribution is 2.34. The highest BCUT2D eigenvalue weighted by Gasteiger charge is 2.51. The molecule has 1 aromatic carbocycles. The molecule has 0 fully saturated rings. The fourth-order valence-corrected chi connectivity index (χ4v) is 2.27. The monoisotopic (exact) mass is 292 g/mol. The molecule has 2 rings (SSSR count). The molecule has 0 saturated heterocycles. The van der Waals surface area contributed by atoms with Crippen LogP contribution < -0.4 is 0 Å². The van der Waals surface area contributed by atoms with Crippen molar-refractivity contribution < 1.29 is 24.0 Å². The van der Waals surface area contributed by atoms with Crippen LogP contribution in [0.2, 0.25) is 0 Å². The van der Waals surface area contributed by atoms with Crippen LogP contribution in [0.25, 0.3) is 0 Å². The van der Waals surface area contributed by atoms with Crippen molar-refractivity contribution in [1.82, 2.24) is 4.90 Å². The fourth-order valence-electron chi connectivity index (χ4n) is 2.27. The molecule has 0 saturated carbocycles. The van der Waals surface area contributed by atoms with Crippen molar-refractivity contribution in [3.05, 3.63) is 39.4 Å². The van der Waals surface area contributed by atoms with Crippen LogP contribution in [0.15, 0.2) is 18.2 Å². The largest absolute Gasteiger partial charge is 0.467 e. The summed E-state index contributed by atoms with van der Waals surface area (Å²) in [6, 6.07) is 3.77. The summed E-state index contributed by atoms with van der Waals surface area (Å²) >= 11 is 0. The molecule has 1 aliphatic heterocycles. The molecular formula is C13H12N2O6. The van der Waals surface area contributed by atoms with Gasteiger partial charge in [0.2, 0.25) is 0 Å². The standard InChI is InChI=1S/C13H12N2O6/c1-13(2,12(18)21-3)14-10(16)7-5-4-6-8(15(19)20)9(7)11(14)17/h4-6H,1-3H3. The fraction of sp³-hybridized carbons (Fsp3) is 0.308. The smallest absolute Gasteiger partial charge is 0.331 e. The predicted octanol–water partition coefficient (Wildman–Crippen LogP) is 1.14. The van der Waals surface area contributed by atoms with Crippen LogP contribution in [-0.2, 0) is 9.53 Å². The van der Waals surface area contributed by atoms with Crippen LogP contribution in [-0.4, -0.2) is 40.3 Å². The van der Waals surface area contributed by atoms with Gasteiger partial charge in [-0.2, -0.15) is 0 Å². The van der Waals surface area contributed by atoms with Crippen LogP contribution in [0.5, 0.6) is 0 Å². The van der Waals surface area contributed by atoms with E-state index in [9.17, 15) is 24.5 Å². The van der Waals surface area contributed by atoms with Gasteiger partial charge in [-0.25, -0.2) is 4.79 Å². The number of ether oxygens (including phenoxy) is 1. The SMILES string of the molecule is COC(=O)C(C)(C)N1C(=O)c2cccc([N+](=O)[O-])c2C1=O. The van der Waals surface area contributed by atoms with Crippen molar-refractivity contribution in [2.24, 2.45) is 0 Å². The Labute approximate surface area is 119 Å². The third-order valence-electron chi connectivity index (χ3n) is 3.33. The first-order valence-electron chi connectivity index (χ1n) is 5.98. The van der Waals surface area contributed by atoms with Gasteiger partial charge >= 0.3 is 5.97 Å². The van der Waals surface area contributed by atoms with Gasteiger partial charge in [0.1, 0.15) is 11.1 Å². The molecule has 0 aliphatic carbocycles. The van der Waals surface area contributed by atoms with Crippen molar-refractivity contribution in [3.63, 3.8) is 0 Å². The lowest BCUT2D eigenvalue weighted by Gasteiger charge is -2.30. The van der Waals surface area contributed by atoms with Crippen LogP contribution in [0.3, 0.4) is 0 Å². The van der Waals surface area contributed by atoms with E-state index in [4.69, 9.17) is 0 Å². The van der Waals surface area contributed by atoms with Gasteiger partial charge in [-0.1, -0.05) is 6.07 Å². The van der Waals surface area contributed by atoms with Crippen molar-refractivity contribution in [2.45, 2.75) is 19.4 Å². The van der Waals surface area contributed by atoms with Crippen molar-refractivity contribution in [2.75, 3.05) is 7.11 Å². The minimum absolute atomic E-state index is 0.0915. The third-order valence-corrected chi connectivity index (χ3v) is 3.33. The molecule has 0 unspecified atom stereocenters. The first-order valence-corrected chi connectivity index (χ1v) is 5.98. The maximum absolute atomic E-state index is 12.4. The molecule has 21 heavy (non-hydrogen) atoms. The first kappa shape index (κ1) is 14.6. The molecule has 2 amide bonds. The topological polar surface area (TPSA) is 107 Å². The Morgan fingerprint density at radius 2 is 1.90 bits per heavy atom. The van der Waals surface area contributed by atoms with Crippen molar-refractivity contribution in [1.29, 1.82) is 0 Å². The maximum Gasteiger partial charge on any atom is 0.331 e. The zero-order valence-electron chi connectivity index (χ0n) is 11.6. The summed E-state index contributed by atoms with van der Waals surface area (Å²) in [5, 5.41) is 11.0. The number of benzene rings is 1. The van der Waals surface area contributed by atoms with E-state index >= 15 is 0 Å². The molecule has 1 aromatic rings. The van der Waals surface area contributed by atoms with Gasteiger partial charge < -0.3 is 4.74 Å². The second-order valence-corrected chi connectivity index (χ2v) is 4.95. The van der Waals surface area contributed by atoms with Crippen LogP contribution >= 0.6 is 0 Å². The van der Waals surface area contributed by atoms with E-state index in [-0.39, 0.29) is 11.1 Å². The summed E-state index contributed by atoms with van der Waals surface area (Å²) in [5.41, 5.74) is -2.42. The Morgan fingerprint density at radius 1 is 1.29 bits per heavy atom. The minimum atomic E-state index is -1.56. The lowest BCUT2D eigenvalue weighted by atomic mass is 10.0. The first-order chi connectivity index (χ1) is 9.73. The zero-order chi connectivity index (χ0) is 15.9. The van der Waals surface area contributed by atoms with Gasteiger partial charge in [0.25, 0.3) is 17.5 Å². The minimum Gasteiger partial charge on any atom is -0.467 e. The summed E-state index contributed by atoms with van der Waals surface area (Å²) in [6.07, 6.45) is 0. The average Bonchev–Trinajstić information content (AvgIpc) is 2.70. The molecule has 0 radical (unpaired) electrons. The van der Waals surface area contributed by atoms with E-state index in [2.05, 4.69) is 4.74 Å². The molecule has 0 bridgehead atoms. The molecule has 0 atom stereocenters. The Bertz CT molecular complexity index is 679. The number of rotatable bonds is 3. The number of amides is 2. The van der Waals surface area contributed by atoms with Crippen LogP contribution in [0.1, 0.15) is 34.6 Å². The van der Waals surface area contributed by atoms with E-state index in [1.165, 1.54) is 26.0 Å². The summed E-state index contributed by atoms with van der Waals surface area (Å²) in [4.78, 5) is 47.4.